The van der Waals surface area contributed by atoms with Crippen molar-refractivity contribution in [2.45, 2.75) is 19.3 Å². The molecule has 9 aromatic rings. The molecule has 0 fully saturated rings. The van der Waals surface area contributed by atoms with Crippen LogP contribution in [-0.2, 0) is 5.41 Å². The van der Waals surface area contributed by atoms with Crippen molar-refractivity contribution < 1.29 is 4.39 Å². The lowest BCUT2D eigenvalue weighted by atomic mass is 9.82. The van der Waals surface area contributed by atoms with Crippen molar-refractivity contribution in [3.05, 3.63) is 223 Å². The molecule has 1 aliphatic rings. The summed E-state index contributed by atoms with van der Waals surface area (Å²) in [5.41, 5.74) is 15.1. The second kappa shape index (κ2) is 14.3. The highest BCUT2D eigenvalue weighted by molar-refractivity contribution is 6.00. The molecule has 0 atom stereocenters. The van der Waals surface area contributed by atoms with Gasteiger partial charge in [0.05, 0.1) is 5.69 Å². The second-order valence-corrected chi connectivity index (χ2v) is 15.4. The molecular weight excluding hydrogens is 710 g/mol. The molecule has 278 valence electrons. The average molecular weight is 750 g/mol. The highest BCUT2D eigenvalue weighted by Crippen LogP contribution is 2.56. The SMILES string of the molecule is CC1(C)c2ccccc2-c2c(N(c3cccc(-c4ccccc4)c3)c3ccc4cnccc4c3)cc(N(c3ccc(F)cc3)c3cccc(-c4ccccc4)c3)cc21. The number of fused-ring (bicyclic) bond motifs is 4. The fourth-order valence-corrected chi connectivity index (χ4v) is 8.67. The molecule has 0 N–H and O–H groups in total. The van der Waals surface area contributed by atoms with Crippen LogP contribution in [0.3, 0.4) is 0 Å². The molecule has 1 aliphatic carbocycles. The van der Waals surface area contributed by atoms with Crippen LogP contribution in [0.4, 0.5) is 38.5 Å². The third kappa shape index (κ3) is 6.20. The molecule has 0 spiro atoms. The van der Waals surface area contributed by atoms with E-state index in [0.717, 1.165) is 67.2 Å². The molecule has 1 heterocycles. The second-order valence-electron chi connectivity index (χ2n) is 15.4. The molecule has 0 saturated carbocycles. The Balaban J connectivity index is 1.28. The first-order valence-electron chi connectivity index (χ1n) is 19.7. The van der Waals surface area contributed by atoms with Crippen molar-refractivity contribution in [2.75, 3.05) is 9.80 Å². The molecule has 3 nitrogen and oxygen atoms in total. The monoisotopic (exact) mass is 749 g/mol. The lowest BCUT2D eigenvalue weighted by Crippen LogP contribution is -2.18. The van der Waals surface area contributed by atoms with Gasteiger partial charge in [-0.3, -0.25) is 4.98 Å². The van der Waals surface area contributed by atoms with Crippen LogP contribution in [0.25, 0.3) is 44.2 Å². The van der Waals surface area contributed by atoms with Gasteiger partial charge in [0.15, 0.2) is 0 Å². The van der Waals surface area contributed by atoms with Gasteiger partial charge in [0.1, 0.15) is 5.82 Å². The number of aromatic nitrogens is 1. The number of hydrogen-bond donors (Lipinski definition) is 0. The minimum Gasteiger partial charge on any atom is -0.310 e. The average Bonchev–Trinajstić information content (AvgIpc) is 3.51. The van der Waals surface area contributed by atoms with Crippen LogP contribution in [0, 0.1) is 5.82 Å². The van der Waals surface area contributed by atoms with Crippen LogP contribution in [-0.4, -0.2) is 4.98 Å². The molecular formula is C54H40FN3. The van der Waals surface area contributed by atoms with Crippen molar-refractivity contribution >= 4 is 44.9 Å². The maximum absolute atomic E-state index is 14.7. The molecule has 1 aromatic heterocycles. The molecule has 0 amide bonds. The quantitative estimate of drug-likeness (QED) is 0.154. The Labute approximate surface area is 339 Å². The Morgan fingerprint density at radius 2 is 1.02 bits per heavy atom. The van der Waals surface area contributed by atoms with Crippen LogP contribution >= 0.6 is 0 Å². The maximum Gasteiger partial charge on any atom is 0.123 e. The van der Waals surface area contributed by atoms with Gasteiger partial charge in [-0.05, 0) is 123 Å². The van der Waals surface area contributed by atoms with E-state index in [-0.39, 0.29) is 11.2 Å². The smallest absolute Gasteiger partial charge is 0.123 e. The van der Waals surface area contributed by atoms with Crippen molar-refractivity contribution in [1.82, 2.24) is 4.98 Å². The van der Waals surface area contributed by atoms with E-state index < -0.39 is 0 Å². The molecule has 4 heteroatoms. The zero-order valence-electron chi connectivity index (χ0n) is 32.3. The number of hydrogen-bond acceptors (Lipinski definition) is 3. The van der Waals surface area contributed by atoms with Crippen LogP contribution in [0.2, 0.25) is 0 Å². The lowest BCUT2D eigenvalue weighted by molar-refractivity contribution is 0.628. The largest absolute Gasteiger partial charge is 0.310 e. The highest BCUT2D eigenvalue weighted by atomic mass is 19.1. The van der Waals surface area contributed by atoms with Crippen molar-refractivity contribution in [3.63, 3.8) is 0 Å². The fraction of sp³-hybridized carbons (Fsp3) is 0.0556. The molecule has 0 bridgehead atoms. The predicted molar refractivity (Wildman–Crippen MR) is 240 cm³/mol. The number of nitrogens with zero attached hydrogens (tertiary/aromatic N) is 3. The van der Waals surface area contributed by atoms with Gasteiger partial charge < -0.3 is 9.80 Å². The van der Waals surface area contributed by atoms with E-state index in [1.807, 2.05) is 30.6 Å². The minimum atomic E-state index is -0.316. The Kier molecular flexibility index (Phi) is 8.68. The van der Waals surface area contributed by atoms with Gasteiger partial charge in [-0.1, -0.05) is 129 Å². The summed E-state index contributed by atoms with van der Waals surface area (Å²) < 4.78 is 14.7. The van der Waals surface area contributed by atoms with E-state index in [9.17, 15) is 4.39 Å². The van der Waals surface area contributed by atoms with E-state index in [4.69, 9.17) is 0 Å². The summed E-state index contributed by atoms with van der Waals surface area (Å²) in [4.78, 5) is 9.09. The fourth-order valence-electron chi connectivity index (χ4n) is 8.67. The van der Waals surface area contributed by atoms with Crippen molar-refractivity contribution in [2.24, 2.45) is 0 Å². The van der Waals surface area contributed by atoms with Crippen molar-refractivity contribution in [1.29, 1.82) is 0 Å². The zero-order chi connectivity index (χ0) is 39.2. The van der Waals surface area contributed by atoms with E-state index in [1.54, 1.807) is 12.1 Å². The molecule has 0 aliphatic heterocycles. The first kappa shape index (κ1) is 35.1. The van der Waals surface area contributed by atoms with Gasteiger partial charge in [0, 0.05) is 57.2 Å². The van der Waals surface area contributed by atoms with Gasteiger partial charge >= 0.3 is 0 Å². The number of pyridine rings is 1. The standard InChI is InChI=1S/C54H40FN3/c1-54(2)50-22-10-9-21-49(50)53-51(54)34-48(57(44-27-24-43(55)25-28-44)45-19-11-17-39(31-45)37-13-5-3-6-14-37)35-52(53)58(47-26-23-42-36-56-30-29-41(42)33-47)46-20-12-18-40(32-46)38-15-7-4-8-16-38/h3-36H,1-2H3. The summed E-state index contributed by atoms with van der Waals surface area (Å²) in [5.74, 6) is -0.274. The van der Waals surface area contributed by atoms with E-state index >= 15 is 0 Å². The van der Waals surface area contributed by atoms with Crippen molar-refractivity contribution in [3.8, 4) is 33.4 Å². The Morgan fingerprint density at radius 1 is 0.431 bits per heavy atom. The van der Waals surface area contributed by atoms with E-state index in [2.05, 4.69) is 192 Å². The third-order valence-electron chi connectivity index (χ3n) is 11.5. The van der Waals surface area contributed by atoms with Crippen LogP contribution in [0.1, 0.15) is 25.0 Å². The summed E-state index contributed by atoms with van der Waals surface area (Å²) in [6, 6.07) is 67.4. The zero-order valence-corrected chi connectivity index (χ0v) is 32.3. The lowest BCUT2D eigenvalue weighted by Gasteiger charge is -2.33. The first-order valence-corrected chi connectivity index (χ1v) is 19.7. The predicted octanol–water partition coefficient (Wildman–Crippen LogP) is 15.0. The summed E-state index contributed by atoms with van der Waals surface area (Å²) in [6.45, 7) is 4.65. The van der Waals surface area contributed by atoms with Gasteiger partial charge in [-0.2, -0.15) is 0 Å². The van der Waals surface area contributed by atoms with Gasteiger partial charge in [0.2, 0.25) is 0 Å². The summed E-state index contributed by atoms with van der Waals surface area (Å²) in [6.07, 6.45) is 3.77. The number of anilines is 6. The first-order chi connectivity index (χ1) is 28.4. The number of benzene rings is 8. The van der Waals surface area contributed by atoms with E-state index in [1.165, 1.54) is 22.3 Å². The molecule has 58 heavy (non-hydrogen) atoms. The molecule has 0 radical (unpaired) electrons. The number of rotatable bonds is 8. The molecule has 8 aromatic carbocycles. The van der Waals surface area contributed by atoms with Crippen LogP contribution in [0.5, 0.6) is 0 Å². The molecule has 0 saturated heterocycles. The summed E-state index contributed by atoms with van der Waals surface area (Å²) >= 11 is 0. The number of halogens is 1. The third-order valence-corrected chi connectivity index (χ3v) is 11.5. The summed E-state index contributed by atoms with van der Waals surface area (Å²) in [7, 11) is 0. The topological polar surface area (TPSA) is 19.4 Å². The molecule has 10 rings (SSSR count). The van der Waals surface area contributed by atoms with Gasteiger partial charge in [0.25, 0.3) is 0 Å². The maximum atomic E-state index is 14.7. The minimum absolute atomic E-state index is 0.274. The Morgan fingerprint density at radius 3 is 1.71 bits per heavy atom. The normalized spacial score (nSPS) is 12.5. The van der Waals surface area contributed by atoms with E-state index in [0.29, 0.717) is 0 Å². The molecule has 0 unspecified atom stereocenters. The Bertz CT molecular complexity index is 2940. The highest BCUT2D eigenvalue weighted by Gasteiger charge is 2.39. The summed E-state index contributed by atoms with van der Waals surface area (Å²) in [5, 5.41) is 2.19. The van der Waals surface area contributed by atoms with Crippen LogP contribution < -0.4 is 9.80 Å². The van der Waals surface area contributed by atoms with Gasteiger partial charge in [-0.15, -0.1) is 0 Å². The van der Waals surface area contributed by atoms with Crippen LogP contribution in [0.15, 0.2) is 207 Å². The Hall–Kier alpha value is -7.30. The van der Waals surface area contributed by atoms with Gasteiger partial charge in [-0.25, -0.2) is 4.39 Å².